The Balaban J connectivity index is 1.49. The van der Waals surface area contributed by atoms with E-state index in [2.05, 4.69) is 27.9 Å². The van der Waals surface area contributed by atoms with Crippen molar-refractivity contribution in [1.82, 2.24) is 4.90 Å². The van der Waals surface area contributed by atoms with Crippen LogP contribution in [0.15, 0.2) is 24.3 Å². The molecular formula is C18H19IN2O5. The largest absolute Gasteiger partial charge is 0.454 e. The number of esters is 1. The predicted molar refractivity (Wildman–Crippen MR) is 101 cm³/mol. The first-order valence-electron chi connectivity index (χ1n) is 8.52. The molecule has 8 heteroatoms. The Labute approximate surface area is 164 Å². The fourth-order valence-corrected chi connectivity index (χ4v) is 4.01. The Bertz CT molecular complexity index is 727. The van der Waals surface area contributed by atoms with E-state index in [4.69, 9.17) is 4.74 Å². The third-order valence-corrected chi connectivity index (χ3v) is 5.36. The molecule has 138 valence electrons. The van der Waals surface area contributed by atoms with E-state index in [0.717, 1.165) is 21.3 Å². The van der Waals surface area contributed by atoms with Crippen LogP contribution in [-0.4, -0.2) is 41.7 Å². The highest BCUT2D eigenvalue weighted by Crippen LogP contribution is 2.37. The molecule has 1 aliphatic heterocycles. The fraction of sp³-hybridized carbons (Fsp3) is 0.444. The summed E-state index contributed by atoms with van der Waals surface area (Å²) < 4.78 is 5.88. The molecule has 1 N–H and O–H groups in total. The SMILES string of the molecule is O=C(COC(=O)CN1C(=O)C2CCCCC2C1=O)Nc1cccc(I)c1. The molecule has 1 aliphatic carbocycles. The van der Waals surface area contributed by atoms with E-state index in [0.29, 0.717) is 18.5 Å². The second-order valence-electron chi connectivity index (χ2n) is 6.48. The first-order chi connectivity index (χ1) is 12.5. The summed E-state index contributed by atoms with van der Waals surface area (Å²) in [7, 11) is 0. The summed E-state index contributed by atoms with van der Waals surface area (Å²) in [6.07, 6.45) is 3.24. The van der Waals surface area contributed by atoms with E-state index < -0.39 is 25.0 Å². The van der Waals surface area contributed by atoms with Crippen molar-refractivity contribution in [2.75, 3.05) is 18.5 Å². The second-order valence-corrected chi connectivity index (χ2v) is 7.72. The van der Waals surface area contributed by atoms with E-state index in [9.17, 15) is 19.2 Å². The molecule has 1 aromatic rings. The predicted octanol–water partition coefficient (Wildman–Crippen LogP) is 1.95. The molecule has 2 fully saturated rings. The van der Waals surface area contributed by atoms with E-state index >= 15 is 0 Å². The van der Waals surface area contributed by atoms with Crippen LogP contribution in [0.4, 0.5) is 5.69 Å². The number of ether oxygens (including phenoxy) is 1. The Morgan fingerprint density at radius 2 is 1.81 bits per heavy atom. The van der Waals surface area contributed by atoms with Crippen molar-refractivity contribution in [3.63, 3.8) is 0 Å². The molecule has 1 heterocycles. The second kappa shape index (κ2) is 8.15. The van der Waals surface area contributed by atoms with Crippen molar-refractivity contribution >= 4 is 52.0 Å². The van der Waals surface area contributed by atoms with Gasteiger partial charge in [0.15, 0.2) is 6.61 Å². The van der Waals surface area contributed by atoms with Gasteiger partial charge in [-0.15, -0.1) is 0 Å². The number of fused-ring (bicyclic) bond motifs is 1. The molecule has 7 nitrogen and oxygen atoms in total. The van der Waals surface area contributed by atoms with Crippen LogP contribution in [0.25, 0.3) is 0 Å². The van der Waals surface area contributed by atoms with Crippen molar-refractivity contribution < 1.29 is 23.9 Å². The number of benzene rings is 1. The number of hydrogen-bond acceptors (Lipinski definition) is 5. The van der Waals surface area contributed by atoms with Crippen LogP contribution in [-0.2, 0) is 23.9 Å². The number of amides is 3. The van der Waals surface area contributed by atoms with Gasteiger partial charge < -0.3 is 10.1 Å². The van der Waals surface area contributed by atoms with Gasteiger partial charge in [0.2, 0.25) is 11.8 Å². The number of likely N-dealkylation sites (tertiary alicyclic amines) is 1. The molecule has 0 radical (unpaired) electrons. The van der Waals surface area contributed by atoms with Crippen molar-refractivity contribution in [3.8, 4) is 0 Å². The highest BCUT2D eigenvalue weighted by Gasteiger charge is 2.48. The van der Waals surface area contributed by atoms with Gasteiger partial charge in [-0.25, -0.2) is 0 Å². The van der Waals surface area contributed by atoms with E-state index in [1.54, 1.807) is 18.2 Å². The van der Waals surface area contributed by atoms with Gasteiger partial charge in [0.25, 0.3) is 5.91 Å². The van der Waals surface area contributed by atoms with Crippen LogP contribution in [0.2, 0.25) is 0 Å². The normalized spacial score (nSPS) is 22.1. The molecule has 1 saturated heterocycles. The number of nitrogens with zero attached hydrogens (tertiary/aromatic N) is 1. The standard InChI is InChI=1S/C18H19IN2O5/c19-11-4-3-5-12(8-11)20-15(22)10-26-16(23)9-21-17(24)13-6-1-2-7-14(13)18(21)25/h3-5,8,13-14H,1-2,6-7,9-10H2,(H,20,22). The lowest BCUT2D eigenvalue weighted by molar-refractivity contribution is -0.154. The molecule has 3 amide bonds. The zero-order chi connectivity index (χ0) is 18.7. The van der Waals surface area contributed by atoms with Gasteiger partial charge in [0, 0.05) is 9.26 Å². The minimum Gasteiger partial charge on any atom is -0.454 e. The average Bonchev–Trinajstić information content (AvgIpc) is 2.85. The number of carbonyl (C=O) groups excluding carboxylic acids is 4. The number of halogens is 1. The first-order valence-corrected chi connectivity index (χ1v) is 9.60. The maximum absolute atomic E-state index is 12.3. The van der Waals surface area contributed by atoms with Gasteiger partial charge in [0.05, 0.1) is 11.8 Å². The number of anilines is 1. The van der Waals surface area contributed by atoms with Crippen LogP contribution in [0.1, 0.15) is 25.7 Å². The molecule has 2 atom stereocenters. The molecule has 0 aromatic heterocycles. The van der Waals surface area contributed by atoms with Crippen molar-refractivity contribution in [2.45, 2.75) is 25.7 Å². The maximum Gasteiger partial charge on any atom is 0.326 e. The van der Waals surface area contributed by atoms with Crippen molar-refractivity contribution in [3.05, 3.63) is 27.8 Å². The van der Waals surface area contributed by atoms with Gasteiger partial charge in [-0.3, -0.25) is 24.1 Å². The average molecular weight is 470 g/mol. The van der Waals surface area contributed by atoms with Crippen molar-refractivity contribution in [2.24, 2.45) is 11.8 Å². The first kappa shape index (κ1) is 18.8. The fourth-order valence-electron chi connectivity index (χ4n) is 3.47. The Kier molecular flexibility index (Phi) is 5.90. The van der Waals surface area contributed by atoms with Gasteiger partial charge in [-0.05, 0) is 53.6 Å². The van der Waals surface area contributed by atoms with Gasteiger partial charge in [-0.1, -0.05) is 18.9 Å². The highest BCUT2D eigenvalue weighted by molar-refractivity contribution is 14.1. The summed E-state index contributed by atoms with van der Waals surface area (Å²) in [6, 6.07) is 7.19. The summed E-state index contributed by atoms with van der Waals surface area (Å²) in [5.41, 5.74) is 0.604. The van der Waals surface area contributed by atoms with E-state index in [1.165, 1.54) is 0 Å². The monoisotopic (exact) mass is 470 g/mol. The Morgan fingerprint density at radius 3 is 2.42 bits per heavy atom. The lowest BCUT2D eigenvalue weighted by atomic mass is 9.81. The van der Waals surface area contributed by atoms with Gasteiger partial charge >= 0.3 is 5.97 Å². The summed E-state index contributed by atoms with van der Waals surface area (Å²) in [5, 5.41) is 2.62. The summed E-state index contributed by atoms with van der Waals surface area (Å²) >= 11 is 2.12. The molecular weight excluding hydrogens is 451 g/mol. The summed E-state index contributed by atoms with van der Waals surface area (Å²) in [5.74, 6) is -2.42. The number of carbonyl (C=O) groups is 4. The zero-order valence-electron chi connectivity index (χ0n) is 14.1. The summed E-state index contributed by atoms with van der Waals surface area (Å²) in [6.45, 7) is -0.894. The third-order valence-electron chi connectivity index (χ3n) is 4.69. The summed E-state index contributed by atoms with van der Waals surface area (Å²) in [4.78, 5) is 49.4. The Hall–Kier alpha value is -1.97. The van der Waals surface area contributed by atoms with Crippen LogP contribution >= 0.6 is 22.6 Å². The smallest absolute Gasteiger partial charge is 0.326 e. The van der Waals surface area contributed by atoms with Crippen LogP contribution in [0.5, 0.6) is 0 Å². The number of rotatable bonds is 5. The molecule has 2 unspecified atom stereocenters. The molecule has 0 bridgehead atoms. The minimum atomic E-state index is -0.761. The van der Waals surface area contributed by atoms with E-state index in [-0.39, 0.29) is 23.7 Å². The molecule has 1 saturated carbocycles. The lowest BCUT2D eigenvalue weighted by Gasteiger charge is -2.19. The minimum absolute atomic E-state index is 0.292. The Morgan fingerprint density at radius 1 is 1.15 bits per heavy atom. The van der Waals surface area contributed by atoms with Crippen LogP contribution in [0, 0.1) is 15.4 Å². The molecule has 0 spiro atoms. The maximum atomic E-state index is 12.3. The van der Waals surface area contributed by atoms with Crippen molar-refractivity contribution in [1.29, 1.82) is 0 Å². The molecule has 2 aliphatic rings. The van der Waals surface area contributed by atoms with Gasteiger partial charge in [0.1, 0.15) is 6.54 Å². The lowest BCUT2D eigenvalue weighted by Crippen LogP contribution is -2.37. The number of imide groups is 1. The van der Waals surface area contributed by atoms with Gasteiger partial charge in [-0.2, -0.15) is 0 Å². The topological polar surface area (TPSA) is 92.8 Å². The number of hydrogen-bond donors (Lipinski definition) is 1. The highest BCUT2D eigenvalue weighted by atomic mass is 127. The molecule has 3 rings (SSSR count). The van der Waals surface area contributed by atoms with E-state index in [1.807, 2.05) is 6.07 Å². The molecule has 1 aromatic carbocycles. The zero-order valence-corrected chi connectivity index (χ0v) is 16.2. The van der Waals surface area contributed by atoms with Crippen LogP contribution in [0.3, 0.4) is 0 Å². The third kappa shape index (κ3) is 4.22. The van der Waals surface area contributed by atoms with Crippen LogP contribution < -0.4 is 5.32 Å². The quantitative estimate of drug-likeness (QED) is 0.404. The molecule has 26 heavy (non-hydrogen) atoms. The number of nitrogens with one attached hydrogen (secondary N) is 1.